The normalized spacial score (nSPS) is 12.0. The predicted molar refractivity (Wildman–Crippen MR) is 93.7 cm³/mol. The van der Waals surface area contributed by atoms with Crippen LogP contribution in [0.25, 0.3) is 0 Å². The molecule has 8 nitrogen and oxygen atoms in total. The second-order valence-electron chi connectivity index (χ2n) is 5.81. The quantitative estimate of drug-likeness (QED) is 0.685. The molecule has 0 fully saturated rings. The second kappa shape index (κ2) is 7.77. The van der Waals surface area contributed by atoms with Gasteiger partial charge in [-0.3, -0.25) is 4.79 Å². The molecule has 8 heteroatoms. The smallest absolute Gasteiger partial charge is 0.316 e. The summed E-state index contributed by atoms with van der Waals surface area (Å²) in [5, 5.41) is 6.52. The molecule has 4 rings (SSSR count). The van der Waals surface area contributed by atoms with E-state index >= 15 is 0 Å². The molecule has 0 saturated carbocycles. The van der Waals surface area contributed by atoms with E-state index in [0.29, 0.717) is 23.8 Å². The first-order chi connectivity index (χ1) is 13.3. The van der Waals surface area contributed by atoms with E-state index in [0.717, 1.165) is 12.0 Å². The van der Waals surface area contributed by atoms with E-state index in [-0.39, 0.29) is 25.1 Å². The van der Waals surface area contributed by atoms with Gasteiger partial charge in [-0.2, -0.15) is 4.98 Å². The molecule has 1 aromatic heterocycles. The van der Waals surface area contributed by atoms with Gasteiger partial charge in [-0.05, 0) is 24.1 Å². The Balaban J connectivity index is 1.27. The van der Waals surface area contributed by atoms with E-state index in [1.54, 1.807) is 18.2 Å². The first-order valence-electron chi connectivity index (χ1n) is 8.45. The van der Waals surface area contributed by atoms with Crippen molar-refractivity contribution < 1.29 is 23.5 Å². The lowest BCUT2D eigenvalue weighted by Crippen LogP contribution is -2.26. The number of rotatable bonds is 7. The van der Waals surface area contributed by atoms with Gasteiger partial charge in [0.1, 0.15) is 5.75 Å². The maximum Gasteiger partial charge on any atom is 0.316 e. The molecule has 0 aliphatic carbocycles. The monoisotopic (exact) mass is 367 g/mol. The van der Waals surface area contributed by atoms with Crippen LogP contribution in [0.1, 0.15) is 22.1 Å². The van der Waals surface area contributed by atoms with Crippen molar-refractivity contribution in [2.45, 2.75) is 13.0 Å². The number of amides is 1. The highest BCUT2D eigenvalue weighted by molar-refractivity contribution is 5.89. The molecule has 0 bridgehead atoms. The van der Waals surface area contributed by atoms with Crippen molar-refractivity contribution in [3.63, 3.8) is 0 Å². The summed E-state index contributed by atoms with van der Waals surface area (Å²) < 4.78 is 21.1. The van der Waals surface area contributed by atoms with Gasteiger partial charge in [0.15, 0.2) is 18.1 Å². The maximum absolute atomic E-state index is 12.1. The van der Waals surface area contributed by atoms with Crippen LogP contribution in [0.2, 0.25) is 0 Å². The third kappa shape index (κ3) is 4.17. The Labute approximate surface area is 155 Å². The first-order valence-corrected chi connectivity index (χ1v) is 8.45. The number of nitrogens with zero attached hydrogens (tertiary/aromatic N) is 2. The van der Waals surface area contributed by atoms with E-state index in [4.69, 9.17) is 18.7 Å². The van der Waals surface area contributed by atoms with Gasteiger partial charge in [-0.15, -0.1) is 0 Å². The summed E-state index contributed by atoms with van der Waals surface area (Å²) in [4.78, 5) is 16.1. The molecule has 0 saturated heterocycles. The lowest BCUT2D eigenvalue weighted by atomic mass is 10.1. The van der Waals surface area contributed by atoms with Gasteiger partial charge in [0.25, 0.3) is 0 Å². The number of carbonyl (C=O) groups excluding carboxylic acids is 1. The summed E-state index contributed by atoms with van der Waals surface area (Å²) in [5.74, 6) is 1.66. The number of nitrogens with one attached hydrogen (secondary N) is 1. The Morgan fingerprint density at radius 2 is 1.96 bits per heavy atom. The Morgan fingerprint density at radius 3 is 2.85 bits per heavy atom. The molecule has 0 radical (unpaired) electrons. The van der Waals surface area contributed by atoms with E-state index in [1.807, 2.05) is 30.3 Å². The molecular weight excluding hydrogens is 350 g/mol. The topological polar surface area (TPSA) is 95.7 Å². The standard InChI is InChI=1S/C19H17N3O5/c23-18(20-9-8-13-4-2-1-3-5-13)19-21-17(22-27-19)11-24-14-6-7-15-16(10-14)26-12-25-15/h1-7,10H,8-9,11-12H2,(H,20,23). The summed E-state index contributed by atoms with van der Waals surface area (Å²) in [6, 6.07) is 15.1. The molecular formula is C19H17N3O5. The number of hydrogen-bond acceptors (Lipinski definition) is 7. The lowest BCUT2D eigenvalue weighted by molar-refractivity contribution is 0.0910. The number of hydrogen-bond donors (Lipinski definition) is 1. The van der Waals surface area contributed by atoms with Crippen molar-refractivity contribution in [3.8, 4) is 17.2 Å². The van der Waals surface area contributed by atoms with Gasteiger partial charge in [0.05, 0.1) is 0 Å². The summed E-state index contributed by atoms with van der Waals surface area (Å²) in [5.41, 5.74) is 1.14. The van der Waals surface area contributed by atoms with Crippen molar-refractivity contribution in [2.24, 2.45) is 0 Å². The van der Waals surface area contributed by atoms with Gasteiger partial charge in [0.2, 0.25) is 12.6 Å². The largest absolute Gasteiger partial charge is 0.485 e. The minimum absolute atomic E-state index is 0.0699. The molecule has 0 atom stereocenters. The second-order valence-corrected chi connectivity index (χ2v) is 5.81. The van der Waals surface area contributed by atoms with Crippen LogP contribution in [0.4, 0.5) is 0 Å². The molecule has 3 aromatic rings. The fourth-order valence-electron chi connectivity index (χ4n) is 2.56. The zero-order valence-corrected chi connectivity index (χ0v) is 14.4. The Morgan fingerprint density at radius 1 is 1.11 bits per heavy atom. The van der Waals surface area contributed by atoms with Crippen LogP contribution in [0.15, 0.2) is 53.1 Å². The number of ether oxygens (including phenoxy) is 3. The Bertz CT molecular complexity index is 926. The van der Waals surface area contributed by atoms with Crippen molar-refractivity contribution >= 4 is 5.91 Å². The average Bonchev–Trinajstić information content (AvgIpc) is 3.36. The zero-order chi connectivity index (χ0) is 18.5. The summed E-state index contributed by atoms with van der Waals surface area (Å²) >= 11 is 0. The number of fused-ring (bicyclic) bond motifs is 1. The summed E-state index contributed by atoms with van der Waals surface area (Å²) in [6.45, 7) is 0.751. The van der Waals surface area contributed by atoms with Crippen LogP contribution in [-0.2, 0) is 13.0 Å². The zero-order valence-electron chi connectivity index (χ0n) is 14.4. The van der Waals surface area contributed by atoms with Crippen molar-refractivity contribution in [2.75, 3.05) is 13.3 Å². The van der Waals surface area contributed by atoms with Crippen molar-refractivity contribution in [1.82, 2.24) is 15.5 Å². The Hall–Kier alpha value is -3.55. The van der Waals surface area contributed by atoms with E-state index in [2.05, 4.69) is 15.5 Å². The molecule has 2 aromatic carbocycles. The van der Waals surface area contributed by atoms with Gasteiger partial charge in [-0.25, -0.2) is 0 Å². The van der Waals surface area contributed by atoms with Crippen LogP contribution in [-0.4, -0.2) is 29.4 Å². The number of aromatic nitrogens is 2. The molecule has 27 heavy (non-hydrogen) atoms. The molecule has 2 heterocycles. The van der Waals surface area contributed by atoms with Crippen molar-refractivity contribution in [3.05, 3.63) is 65.8 Å². The highest BCUT2D eigenvalue weighted by atomic mass is 16.7. The van der Waals surface area contributed by atoms with Gasteiger partial charge >= 0.3 is 11.8 Å². The van der Waals surface area contributed by atoms with E-state index < -0.39 is 5.91 Å². The lowest BCUT2D eigenvalue weighted by Gasteiger charge is -2.04. The first kappa shape index (κ1) is 16.9. The minimum atomic E-state index is -0.409. The third-order valence-corrected chi connectivity index (χ3v) is 3.92. The third-order valence-electron chi connectivity index (χ3n) is 3.92. The molecule has 0 unspecified atom stereocenters. The molecule has 1 aliphatic rings. The highest BCUT2D eigenvalue weighted by Gasteiger charge is 2.16. The summed E-state index contributed by atoms with van der Waals surface area (Å²) in [6.07, 6.45) is 0.723. The fourth-order valence-corrected chi connectivity index (χ4v) is 2.56. The maximum atomic E-state index is 12.1. The molecule has 138 valence electrons. The van der Waals surface area contributed by atoms with Crippen molar-refractivity contribution in [1.29, 1.82) is 0 Å². The molecule has 1 aliphatic heterocycles. The average molecular weight is 367 g/mol. The Kier molecular flexibility index (Phi) is 4.86. The van der Waals surface area contributed by atoms with Gasteiger partial charge in [-0.1, -0.05) is 35.5 Å². The predicted octanol–water partition coefficient (Wildman–Crippen LogP) is 2.35. The highest BCUT2D eigenvalue weighted by Crippen LogP contribution is 2.35. The van der Waals surface area contributed by atoms with Gasteiger partial charge in [0, 0.05) is 12.6 Å². The van der Waals surface area contributed by atoms with Crippen LogP contribution >= 0.6 is 0 Å². The minimum Gasteiger partial charge on any atom is -0.485 e. The van der Waals surface area contributed by atoms with E-state index in [9.17, 15) is 4.79 Å². The fraction of sp³-hybridized carbons (Fsp3) is 0.211. The number of carbonyl (C=O) groups is 1. The summed E-state index contributed by atoms with van der Waals surface area (Å²) in [7, 11) is 0. The van der Waals surface area contributed by atoms with Crippen LogP contribution < -0.4 is 19.5 Å². The van der Waals surface area contributed by atoms with Crippen LogP contribution in [0.5, 0.6) is 17.2 Å². The number of benzene rings is 2. The molecule has 0 spiro atoms. The van der Waals surface area contributed by atoms with E-state index in [1.165, 1.54) is 0 Å². The van der Waals surface area contributed by atoms with Crippen LogP contribution in [0, 0.1) is 0 Å². The van der Waals surface area contributed by atoms with Gasteiger partial charge < -0.3 is 24.1 Å². The van der Waals surface area contributed by atoms with Crippen LogP contribution in [0.3, 0.4) is 0 Å². The molecule has 1 N–H and O–H groups in total. The SMILES string of the molecule is O=C(NCCc1ccccc1)c1nc(COc2ccc3c(c2)OCO3)no1. The molecule has 1 amide bonds.